The second-order valence-corrected chi connectivity index (χ2v) is 5.64. The molecule has 1 aromatic heterocycles. The zero-order valence-electron chi connectivity index (χ0n) is 11.7. The summed E-state index contributed by atoms with van der Waals surface area (Å²) in [5.74, 6) is 1.56. The number of benzene rings is 1. The molecule has 1 heterocycles. The molecule has 1 N–H and O–H groups in total. The van der Waals surface area contributed by atoms with Gasteiger partial charge in [0.25, 0.3) is 0 Å². The van der Waals surface area contributed by atoms with Gasteiger partial charge in [-0.05, 0) is 44.0 Å². The first-order chi connectivity index (χ1) is 9.63. The molecule has 0 amide bonds. The van der Waals surface area contributed by atoms with Gasteiger partial charge in [-0.15, -0.1) is 0 Å². The molecule has 0 spiro atoms. The summed E-state index contributed by atoms with van der Waals surface area (Å²) in [6, 6.07) is 8.04. The molecule has 1 aliphatic carbocycles. The largest absolute Gasteiger partial charge is 0.439 e. The summed E-state index contributed by atoms with van der Waals surface area (Å²) in [5, 5.41) is 8.66. The Labute approximate surface area is 123 Å². The molecule has 2 aromatic rings. The van der Waals surface area contributed by atoms with Crippen LogP contribution in [-0.4, -0.2) is 15.8 Å². The summed E-state index contributed by atoms with van der Waals surface area (Å²) in [7, 11) is 1.90. The summed E-state index contributed by atoms with van der Waals surface area (Å²) in [6.45, 7) is 2.81. The third kappa shape index (κ3) is 2.97. The van der Waals surface area contributed by atoms with E-state index in [1.807, 2.05) is 38.2 Å². The molecule has 3 rings (SSSR count). The first-order valence-corrected chi connectivity index (χ1v) is 7.20. The molecule has 0 atom stereocenters. The molecule has 1 saturated carbocycles. The van der Waals surface area contributed by atoms with E-state index in [0.29, 0.717) is 11.1 Å². The maximum Gasteiger partial charge on any atom is 0.222 e. The van der Waals surface area contributed by atoms with E-state index in [0.717, 1.165) is 29.4 Å². The number of hydrogen-bond donors (Lipinski definition) is 1. The van der Waals surface area contributed by atoms with Crippen LogP contribution in [0.3, 0.4) is 0 Å². The molecule has 0 bridgehead atoms. The maximum atomic E-state index is 5.97. The van der Waals surface area contributed by atoms with Crippen LogP contribution in [0.2, 0.25) is 5.02 Å². The quantitative estimate of drug-likeness (QED) is 0.917. The normalized spacial score (nSPS) is 14.6. The molecule has 0 unspecified atom stereocenters. The van der Waals surface area contributed by atoms with Crippen LogP contribution in [0.25, 0.3) is 0 Å². The van der Waals surface area contributed by atoms with Gasteiger partial charge in [0, 0.05) is 24.7 Å². The van der Waals surface area contributed by atoms with E-state index < -0.39 is 0 Å². The van der Waals surface area contributed by atoms with Crippen molar-refractivity contribution < 1.29 is 4.74 Å². The van der Waals surface area contributed by atoms with Crippen LogP contribution in [0.15, 0.2) is 24.3 Å². The number of ether oxygens (including phenoxy) is 1. The third-order valence-corrected chi connectivity index (χ3v) is 3.71. The Balaban J connectivity index is 1.81. The number of aromatic nitrogens is 2. The predicted molar refractivity (Wildman–Crippen MR) is 79.3 cm³/mol. The van der Waals surface area contributed by atoms with Gasteiger partial charge < -0.3 is 10.1 Å². The lowest BCUT2D eigenvalue weighted by molar-refractivity contribution is 0.423. The second kappa shape index (κ2) is 5.46. The van der Waals surface area contributed by atoms with Crippen LogP contribution in [0.4, 0.5) is 0 Å². The minimum absolute atomic E-state index is 0.665. The van der Waals surface area contributed by atoms with Gasteiger partial charge in [-0.1, -0.05) is 11.6 Å². The third-order valence-electron chi connectivity index (χ3n) is 3.46. The van der Waals surface area contributed by atoms with E-state index in [9.17, 15) is 0 Å². The summed E-state index contributed by atoms with van der Waals surface area (Å²) < 4.78 is 7.76. The van der Waals surface area contributed by atoms with Gasteiger partial charge in [0.1, 0.15) is 5.75 Å². The van der Waals surface area contributed by atoms with E-state index in [1.165, 1.54) is 12.8 Å². The zero-order valence-corrected chi connectivity index (χ0v) is 12.4. The number of nitrogens with zero attached hydrogens (tertiary/aromatic N) is 2. The van der Waals surface area contributed by atoms with Crippen molar-refractivity contribution in [3.05, 3.63) is 40.5 Å². The lowest BCUT2D eigenvalue weighted by atomic mass is 10.2. The van der Waals surface area contributed by atoms with Gasteiger partial charge in [-0.3, -0.25) is 0 Å². The minimum atomic E-state index is 0.665. The lowest BCUT2D eigenvalue weighted by Crippen LogP contribution is -2.16. The van der Waals surface area contributed by atoms with Crippen molar-refractivity contribution >= 4 is 11.6 Å². The van der Waals surface area contributed by atoms with Crippen LogP contribution in [0, 0.1) is 6.92 Å². The van der Waals surface area contributed by atoms with Crippen molar-refractivity contribution in [1.82, 2.24) is 15.1 Å². The first-order valence-electron chi connectivity index (χ1n) is 6.83. The van der Waals surface area contributed by atoms with Crippen LogP contribution < -0.4 is 10.1 Å². The molecular formula is C15H18ClN3O. The van der Waals surface area contributed by atoms with E-state index >= 15 is 0 Å². The number of nitrogens with one attached hydrogen (secondary N) is 1. The molecule has 5 heteroatoms. The minimum Gasteiger partial charge on any atom is -0.439 e. The molecule has 20 heavy (non-hydrogen) atoms. The van der Waals surface area contributed by atoms with Crippen molar-refractivity contribution in [2.24, 2.45) is 7.05 Å². The Kier molecular flexibility index (Phi) is 3.68. The van der Waals surface area contributed by atoms with Crippen molar-refractivity contribution in [2.45, 2.75) is 32.4 Å². The fraction of sp³-hybridized carbons (Fsp3) is 0.400. The molecule has 0 saturated heterocycles. The van der Waals surface area contributed by atoms with Crippen molar-refractivity contribution in [1.29, 1.82) is 0 Å². The number of rotatable bonds is 5. The number of hydrogen-bond acceptors (Lipinski definition) is 3. The number of aryl methyl sites for hydroxylation is 2. The number of halogens is 1. The highest BCUT2D eigenvalue weighted by Crippen LogP contribution is 2.29. The summed E-state index contributed by atoms with van der Waals surface area (Å²) in [6.07, 6.45) is 2.54. The predicted octanol–water partition coefficient (Wildman–Crippen LogP) is 3.43. The van der Waals surface area contributed by atoms with Crippen LogP contribution >= 0.6 is 11.6 Å². The maximum absolute atomic E-state index is 5.97. The Morgan fingerprint density at radius 1 is 1.35 bits per heavy atom. The Morgan fingerprint density at radius 2 is 2.05 bits per heavy atom. The molecule has 1 aromatic carbocycles. The lowest BCUT2D eigenvalue weighted by Gasteiger charge is -2.09. The van der Waals surface area contributed by atoms with Gasteiger partial charge in [-0.25, -0.2) is 4.68 Å². The average Bonchev–Trinajstić information content (AvgIpc) is 3.19. The smallest absolute Gasteiger partial charge is 0.222 e. The van der Waals surface area contributed by atoms with E-state index in [-0.39, 0.29) is 0 Å². The standard InChI is InChI=1S/C15H18ClN3O/c1-10-14(9-17-12-5-6-12)15(19(2)18-10)20-13-7-3-11(16)4-8-13/h3-4,7-8,12,17H,5-6,9H2,1-2H3. The fourth-order valence-corrected chi connectivity index (χ4v) is 2.29. The highest BCUT2D eigenvalue weighted by molar-refractivity contribution is 6.30. The molecule has 1 aliphatic rings. The van der Waals surface area contributed by atoms with Crippen molar-refractivity contribution in [3.8, 4) is 11.6 Å². The topological polar surface area (TPSA) is 39.1 Å². The first kappa shape index (κ1) is 13.5. The van der Waals surface area contributed by atoms with Crippen LogP contribution in [0.1, 0.15) is 24.1 Å². The second-order valence-electron chi connectivity index (χ2n) is 5.20. The van der Waals surface area contributed by atoms with Crippen molar-refractivity contribution in [2.75, 3.05) is 0 Å². The fourth-order valence-electron chi connectivity index (χ4n) is 2.16. The summed E-state index contributed by atoms with van der Waals surface area (Å²) in [5.41, 5.74) is 2.12. The monoisotopic (exact) mass is 291 g/mol. The molecule has 0 radical (unpaired) electrons. The SMILES string of the molecule is Cc1nn(C)c(Oc2ccc(Cl)cc2)c1CNC1CC1. The van der Waals surface area contributed by atoms with E-state index in [2.05, 4.69) is 10.4 Å². The van der Waals surface area contributed by atoms with Gasteiger partial charge in [-0.2, -0.15) is 5.10 Å². The zero-order chi connectivity index (χ0) is 14.1. The van der Waals surface area contributed by atoms with Crippen LogP contribution in [0.5, 0.6) is 11.6 Å². The molecule has 0 aliphatic heterocycles. The molecule has 4 nitrogen and oxygen atoms in total. The highest BCUT2D eigenvalue weighted by Gasteiger charge is 2.23. The Hall–Kier alpha value is -1.52. The van der Waals surface area contributed by atoms with Crippen molar-refractivity contribution in [3.63, 3.8) is 0 Å². The summed E-state index contributed by atoms with van der Waals surface area (Å²) in [4.78, 5) is 0. The van der Waals surface area contributed by atoms with Gasteiger partial charge in [0.15, 0.2) is 0 Å². The Bertz CT molecular complexity index is 602. The average molecular weight is 292 g/mol. The van der Waals surface area contributed by atoms with E-state index in [1.54, 1.807) is 4.68 Å². The molecule has 106 valence electrons. The summed E-state index contributed by atoms with van der Waals surface area (Å²) >= 11 is 5.89. The molecule has 1 fully saturated rings. The van der Waals surface area contributed by atoms with Gasteiger partial charge in [0.05, 0.1) is 11.3 Å². The van der Waals surface area contributed by atoms with Crippen LogP contribution in [-0.2, 0) is 13.6 Å². The van der Waals surface area contributed by atoms with Gasteiger partial charge >= 0.3 is 0 Å². The Morgan fingerprint density at radius 3 is 2.70 bits per heavy atom. The molecular weight excluding hydrogens is 274 g/mol. The van der Waals surface area contributed by atoms with Gasteiger partial charge in [0.2, 0.25) is 5.88 Å². The highest BCUT2D eigenvalue weighted by atomic mass is 35.5. The van der Waals surface area contributed by atoms with E-state index in [4.69, 9.17) is 16.3 Å².